The van der Waals surface area contributed by atoms with Gasteiger partial charge in [0, 0.05) is 61.9 Å². The summed E-state index contributed by atoms with van der Waals surface area (Å²) in [6.45, 7) is 8.49. The molecule has 0 bridgehead atoms. The first kappa shape index (κ1) is 59.0. The number of β-lactam (4-membered cyclic amide) rings is 1. The first-order chi connectivity index (χ1) is 40.8. The molecule has 432 valence electrons. The molecule has 0 unspecified atom stereocenters. The Kier molecular flexibility index (Phi) is 19.9. The Labute approximate surface area is 488 Å². The summed E-state index contributed by atoms with van der Waals surface area (Å²) >= 11 is 0. The van der Waals surface area contributed by atoms with Crippen LogP contribution in [0.2, 0.25) is 0 Å². The summed E-state index contributed by atoms with van der Waals surface area (Å²) < 4.78 is 30.3. The highest BCUT2D eigenvalue weighted by atomic mass is 16.6. The lowest BCUT2D eigenvalue weighted by Crippen LogP contribution is -2.62. The van der Waals surface area contributed by atoms with E-state index < -0.39 is 16.9 Å². The largest absolute Gasteiger partial charge is 0.485 e. The molecule has 0 aliphatic carbocycles. The molecule has 0 saturated carbocycles. The fourth-order valence-corrected chi connectivity index (χ4v) is 10.4. The minimum Gasteiger partial charge on any atom is -0.485 e. The number of carbonyl (C=O) groups excluding carboxylic acids is 5. The van der Waals surface area contributed by atoms with Crippen LogP contribution >= 0.6 is 0 Å². The summed E-state index contributed by atoms with van der Waals surface area (Å²) in [7, 11) is 0. The molecule has 2 heterocycles. The number of nitrogens with one attached hydrogen (secondary N) is 2. The number of rotatable bonds is 28. The van der Waals surface area contributed by atoms with Crippen LogP contribution in [0.15, 0.2) is 193 Å². The van der Waals surface area contributed by atoms with Gasteiger partial charge in [0.2, 0.25) is 5.91 Å². The van der Waals surface area contributed by atoms with Crippen molar-refractivity contribution >= 4 is 35.3 Å². The fourth-order valence-electron chi connectivity index (χ4n) is 10.4. The topological polar surface area (TPSA) is 205 Å². The number of non-ortho nitro benzene ring substituents is 1. The molecule has 9 rings (SSSR count). The van der Waals surface area contributed by atoms with Crippen molar-refractivity contribution in [2.75, 3.05) is 32.7 Å². The number of nitro groups is 1. The van der Waals surface area contributed by atoms with Gasteiger partial charge in [0.15, 0.2) is 23.0 Å². The standard InChI is InChI=1S/C67H67N5O12/c1-45(2)60-61-46(3)55(62(71(61)65(60)75)67(77)84-66(76)51-26-30-54(31-27-51)72(78)79)40-70(36-16-34-68-63(73)52-28-32-56(80-41-47-18-8-4-9-19-47)58(38-52)82-43-49-22-12-6-13-23-49)37-17-35-69-64(74)53-29-33-57(81-42-48-20-10-5-11-21-48)59(39-53)83-44-50-24-14-7-15-25-50/h4-15,18-33,38-39,45-46,60-61H,16-17,34-37,40-44H2,1-3H3,(H,68,73)(H,69,74)/t46-,60+,61+/m0/s1. The SMILES string of the molecule is CC(C)[C@H]1C(=O)N2C(C(=O)OC(=O)c3ccc([N+](=O)[O-])cc3)=C(CN(CCCNC(=O)c3ccc(OCc4ccccc4)c(OCc4ccccc4)c3)CCCNC(=O)c3ccc(OCc4ccccc4)c(OCc4ccccc4)c3)[C@H](C)[C@H]12. The Hall–Kier alpha value is -9.61. The minimum atomic E-state index is -1.02. The van der Waals surface area contributed by atoms with Crippen molar-refractivity contribution in [3.05, 3.63) is 242 Å². The van der Waals surface area contributed by atoms with E-state index >= 15 is 0 Å². The van der Waals surface area contributed by atoms with E-state index in [2.05, 4.69) is 15.5 Å². The molecule has 17 heteroatoms. The van der Waals surface area contributed by atoms with Crippen molar-refractivity contribution < 1.29 is 52.6 Å². The summed E-state index contributed by atoms with van der Waals surface area (Å²) in [5.41, 5.74) is 4.84. The fraction of sp³-hybridized carbons (Fsp3) is 0.269. The van der Waals surface area contributed by atoms with E-state index in [0.717, 1.165) is 34.4 Å². The Bertz CT molecular complexity index is 3300. The number of carbonyl (C=O) groups is 5. The van der Waals surface area contributed by atoms with Gasteiger partial charge in [-0.3, -0.25) is 29.4 Å². The first-order valence-corrected chi connectivity index (χ1v) is 28.1. The van der Waals surface area contributed by atoms with Gasteiger partial charge in [-0.2, -0.15) is 0 Å². The summed E-state index contributed by atoms with van der Waals surface area (Å²) in [6, 6.07) is 53.4. The molecule has 7 aromatic rings. The van der Waals surface area contributed by atoms with Crippen LogP contribution in [0.4, 0.5) is 5.69 Å². The van der Waals surface area contributed by atoms with Gasteiger partial charge < -0.3 is 39.2 Å². The molecule has 1 fully saturated rings. The van der Waals surface area contributed by atoms with Crippen LogP contribution in [-0.2, 0) is 40.8 Å². The lowest BCUT2D eigenvalue weighted by Gasteiger charge is -2.47. The molecule has 0 aromatic heterocycles. The van der Waals surface area contributed by atoms with Crippen molar-refractivity contribution in [1.82, 2.24) is 20.4 Å². The number of nitrogens with zero attached hydrogens (tertiary/aromatic N) is 3. The second-order valence-corrected chi connectivity index (χ2v) is 21.0. The molecule has 0 spiro atoms. The van der Waals surface area contributed by atoms with Gasteiger partial charge >= 0.3 is 11.9 Å². The number of amides is 3. The molecule has 3 atom stereocenters. The maximum atomic E-state index is 14.3. The van der Waals surface area contributed by atoms with Crippen molar-refractivity contribution in [1.29, 1.82) is 0 Å². The second-order valence-electron chi connectivity index (χ2n) is 21.0. The normalized spacial score (nSPS) is 15.2. The number of ether oxygens (including phenoxy) is 5. The summed E-state index contributed by atoms with van der Waals surface area (Å²) in [5.74, 6) is -1.90. The maximum Gasteiger partial charge on any atom is 0.362 e. The molecule has 3 amide bonds. The second kappa shape index (κ2) is 28.4. The van der Waals surface area contributed by atoms with Gasteiger partial charge in [-0.05, 0) is 95.1 Å². The van der Waals surface area contributed by atoms with Crippen LogP contribution < -0.4 is 29.6 Å². The molecule has 7 aromatic carbocycles. The third kappa shape index (κ3) is 15.1. The third-order valence-electron chi connectivity index (χ3n) is 14.8. The molecule has 2 N–H and O–H groups in total. The van der Waals surface area contributed by atoms with Gasteiger partial charge in [-0.25, -0.2) is 9.59 Å². The highest BCUT2D eigenvalue weighted by Gasteiger charge is 2.59. The van der Waals surface area contributed by atoms with E-state index in [1.54, 1.807) is 36.4 Å². The number of esters is 2. The quantitative estimate of drug-likeness (QED) is 0.0117. The van der Waals surface area contributed by atoms with Crippen molar-refractivity contribution in [3.8, 4) is 23.0 Å². The van der Waals surface area contributed by atoms with Crippen LogP contribution in [0.5, 0.6) is 23.0 Å². The number of hydrogen-bond acceptors (Lipinski definition) is 13. The summed E-state index contributed by atoms with van der Waals surface area (Å²) in [6.07, 6.45) is 0.915. The number of benzene rings is 7. The van der Waals surface area contributed by atoms with E-state index in [4.69, 9.17) is 23.7 Å². The van der Waals surface area contributed by atoms with Gasteiger partial charge in [-0.1, -0.05) is 142 Å². The Morgan fingerprint density at radius 3 is 1.37 bits per heavy atom. The van der Waals surface area contributed by atoms with Gasteiger partial charge in [0.1, 0.15) is 32.1 Å². The average molecular weight is 1130 g/mol. The van der Waals surface area contributed by atoms with Crippen LogP contribution in [0.1, 0.15) is 86.9 Å². The average Bonchev–Trinajstić information content (AvgIpc) is 1.60. The molecule has 84 heavy (non-hydrogen) atoms. The van der Waals surface area contributed by atoms with E-state index in [1.165, 1.54) is 17.0 Å². The Balaban J connectivity index is 0.909. The van der Waals surface area contributed by atoms with Gasteiger partial charge in [0.05, 0.1) is 22.4 Å². The number of fused-ring (bicyclic) bond motifs is 1. The van der Waals surface area contributed by atoms with E-state index in [-0.39, 0.29) is 91.3 Å². The lowest BCUT2D eigenvalue weighted by molar-refractivity contribution is -0.384. The van der Waals surface area contributed by atoms with Crippen LogP contribution in [0.3, 0.4) is 0 Å². The Morgan fingerprint density at radius 2 is 0.964 bits per heavy atom. The minimum absolute atomic E-state index is 0.0146. The zero-order chi connectivity index (χ0) is 59.0. The first-order valence-electron chi connectivity index (χ1n) is 28.1. The highest BCUT2D eigenvalue weighted by molar-refractivity contribution is 6.06. The smallest absolute Gasteiger partial charge is 0.362 e. The predicted octanol–water partition coefficient (Wildman–Crippen LogP) is 10.9. The molecule has 2 aliphatic rings. The van der Waals surface area contributed by atoms with Gasteiger partial charge in [0.25, 0.3) is 17.5 Å². The third-order valence-corrected chi connectivity index (χ3v) is 14.8. The maximum absolute atomic E-state index is 14.3. The molecule has 17 nitrogen and oxygen atoms in total. The van der Waals surface area contributed by atoms with E-state index in [9.17, 15) is 34.1 Å². The molecule has 1 saturated heterocycles. The predicted molar refractivity (Wildman–Crippen MR) is 315 cm³/mol. The van der Waals surface area contributed by atoms with Crippen LogP contribution in [0, 0.1) is 27.9 Å². The monoisotopic (exact) mass is 1130 g/mol. The summed E-state index contributed by atoms with van der Waals surface area (Å²) in [4.78, 5) is 83.6. The van der Waals surface area contributed by atoms with Crippen molar-refractivity contribution in [3.63, 3.8) is 0 Å². The molecular formula is C67H67N5O12. The van der Waals surface area contributed by atoms with Crippen LogP contribution in [-0.4, -0.2) is 83.1 Å². The highest BCUT2D eigenvalue weighted by Crippen LogP contribution is 2.49. The Morgan fingerprint density at radius 1 is 0.560 bits per heavy atom. The number of hydrogen-bond donors (Lipinski definition) is 2. The van der Waals surface area contributed by atoms with Crippen molar-refractivity contribution in [2.45, 2.75) is 66.1 Å². The van der Waals surface area contributed by atoms with Gasteiger partial charge in [-0.15, -0.1) is 0 Å². The summed E-state index contributed by atoms with van der Waals surface area (Å²) in [5, 5.41) is 17.4. The van der Waals surface area contributed by atoms with E-state index in [0.29, 0.717) is 78.8 Å². The number of nitro benzene ring substituents is 1. The van der Waals surface area contributed by atoms with E-state index in [1.807, 2.05) is 142 Å². The molecule has 2 aliphatic heterocycles. The molecule has 0 radical (unpaired) electrons. The van der Waals surface area contributed by atoms with Crippen LogP contribution in [0.25, 0.3) is 0 Å². The molecular weight excluding hydrogens is 1070 g/mol. The lowest BCUT2D eigenvalue weighted by atomic mass is 9.74. The zero-order valence-electron chi connectivity index (χ0n) is 47.1. The zero-order valence-corrected chi connectivity index (χ0v) is 47.1. The van der Waals surface area contributed by atoms with Crippen molar-refractivity contribution in [2.24, 2.45) is 17.8 Å².